The molecule has 0 saturated carbocycles. The minimum atomic E-state index is -6.27. The maximum Gasteiger partial charge on any atom is 0.453 e. The highest BCUT2D eigenvalue weighted by atomic mass is 19.4. The summed E-state index contributed by atoms with van der Waals surface area (Å²) in [4.78, 5) is 0. The second-order valence-corrected chi connectivity index (χ2v) is 12.5. The fourth-order valence-corrected chi connectivity index (χ4v) is 3.97. The molecule has 1 aliphatic heterocycles. The SMILES string of the molecule is CC(OCC(F)(F)F)OCC(F)(F)F.CC1OCC(CCC(F)(F)CC(F)(F)CC(F)(F)C(F)(F)F)O1.OCC(O)CCC(F)(F)CC(F)(F)CC(F)(F)C(F)(F)F. The van der Waals surface area contributed by atoms with Gasteiger partial charge in [-0.1, -0.05) is 0 Å². The first-order valence-electron chi connectivity index (χ1n) is 15.7. The van der Waals surface area contributed by atoms with Crippen LogP contribution in [-0.2, 0) is 18.9 Å². The van der Waals surface area contributed by atoms with Crippen LogP contribution in [0.1, 0.15) is 65.2 Å². The fraction of sp³-hybridized carbons (Fsp3) is 1.00. The van der Waals surface area contributed by atoms with Crippen LogP contribution in [0.4, 0.5) is 105 Å². The Labute approximate surface area is 312 Å². The van der Waals surface area contributed by atoms with Gasteiger partial charge in [-0.3, -0.25) is 0 Å². The number of hydrogen-bond donors (Lipinski definition) is 2. The Morgan fingerprint density at radius 3 is 1.22 bits per heavy atom. The van der Waals surface area contributed by atoms with Crippen molar-refractivity contribution in [3.63, 3.8) is 0 Å². The Hall–Kier alpha value is -1.92. The van der Waals surface area contributed by atoms with Crippen LogP contribution in [0.25, 0.3) is 0 Å². The van der Waals surface area contributed by atoms with Gasteiger partial charge in [0.25, 0.3) is 23.7 Å². The van der Waals surface area contributed by atoms with Crippen LogP contribution in [0.3, 0.4) is 0 Å². The van der Waals surface area contributed by atoms with Gasteiger partial charge in [0.1, 0.15) is 13.2 Å². The molecule has 1 aliphatic rings. The standard InChI is InChI=1S/C12H15F9O2.C10H13F9O2.C6H8F6O2/c1-7-22-4-8(23-7)2-3-9(13,14)5-10(15,16)6-11(17,18)12(19,20)21;11-7(12,2-1-6(21)3-20)4-8(13,14)5-9(15,16)10(17,18)19;1-4(13-2-5(7,8)9)14-3-6(10,11)12/h7-8H,2-6H2,1H3;6,20-21H,1-5H2;4H,2-3H2,1H3. The van der Waals surface area contributed by atoms with E-state index in [1.54, 1.807) is 0 Å². The summed E-state index contributed by atoms with van der Waals surface area (Å²) in [6.45, 7) is -1.76. The number of halogens is 24. The highest BCUT2D eigenvalue weighted by molar-refractivity contribution is 4.88. The predicted octanol–water partition coefficient (Wildman–Crippen LogP) is 10.6. The molecule has 58 heavy (non-hydrogen) atoms. The van der Waals surface area contributed by atoms with Crippen molar-refractivity contribution >= 4 is 0 Å². The smallest absolute Gasteiger partial charge is 0.394 e. The van der Waals surface area contributed by atoms with Crippen LogP contribution in [-0.4, -0.2) is 122 Å². The van der Waals surface area contributed by atoms with E-state index in [0.29, 0.717) is 0 Å². The summed E-state index contributed by atoms with van der Waals surface area (Å²) in [5.41, 5.74) is 0. The normalized spacial score (nSPS) is 18.8. The van der Waals surface area contributed by atoms with Gasteiger partial charge in [-0.15, -0.1) is 0 Å². The molecule has 6 nitrogen and oxygen atoms in total. The molecule has 2 N–H and O–H groups in total. The second-order valence-electron chi connectivity index (χ2n) is 12.5. The molecule has 3 unspecified atom stereocenters. The van der Waals surface area contributed by atoms with Gasteiger partial charge in [0.2, 0.25) is 0 Å². The number of ether oxygens (including phenoxy) is 4. The number of aliphatic hydroxyl groups is 2. The first-order chi connectivity index (χ1) is 25.4. The maximum absolute atomic E-state index is 13.4. The molecule has 0 amide bonds. The molecular weight excluding hydrogens is 888 g/mol. The van der Waals surface area contributed by atoms with Gasteiger partial charge in [0.05, 0.1) is 51.1 Å². The van der Waals surface area contributed by atoms with Crippen LogP contribution in [0.2, 0.25) is 0 Å². The van der Waals surface area contributed by atoms with Crippen molar-refractivity contribution < 1.29 is 135 Å². The molecule has 0 aromatic heterocycles. The Balaban J connectivity index is 0. The molecule has 30 heteroatoms. The van der Waals surface area contributed by atoms with E-state index >= 15 is 0 Å². The van der Waals surface area contributed by atoms with Gasteiger partial charge < -0.3 is 29.2 Å². The Bertz CT molecular complexity index is 1140. The monoisotopic (exact) mass is 924 g/mol. The lowest BCUT2D eigenvalue weighted by molar-refractivity contribution is -0.304. The molecule has 0 aromatic carbocycles. The lowest BCUT2D eigenvalue weighted by Crippen LogP contribution is -2.43. The van der Waals surface area contributed by atoms with E-state index in [0.717, 1.165) is 6.92 Å². The quantitative estimate of drug-likeness (QED) is 0.0993. The zero-order valence-corrected chi connectivity index (χ0v) is 29.4. The maximum atomic E-state index is 13.4. The molecule has 0 radical (unpaired) electrons. The largest absolute Gasteiger partial charge is 0.453 e. The Morgan fingerprint density at radius 2 is 0.931 bits per heavy atom. The van der Waals surface area contributed by atoms with Crippen LogP contribution in [0, 0.1) is 0 Å². The summed E-state index contributed by atoms with van der Waals surface area (Å²) in [5.74, 6) is -29.7. The minimum absolute atomic E-state index is 0.0280. The molecule has 352 valence electrons. The molecule has 1 heterocycles. The van der Waals surface area contributed by atoms with Crippen molar-refractivity contribution in [2.24, 2.45) is 0 Å². The molecule has 1 fully saturated rings. The molecule has 3 atom stereocenters. The summed E-state index contributed by atoms with van der Waals surface area (Å²) in [6.07, 6.45) is -40.9. The minimum Gasteiger partial charge on any atom is -0.394 e. The molecule has 1 rings (SSSR count). The lowest BCUT2D eigenvalue weighted by Gasteiger charge is -2.28. The Morgan fingerprint density at radius 1 is 0.569 bits per heavy atom. The van der Waals surface area contributed by atoms with Gasteiger partial charge in [-0.25, -0.2) is 35.1 Å². The highest BCUT2D eigenvalue weighted by Crippen LogP contribution is 2.48. The molecule has 0 bridgehead atoms. The average Bonchev–Trinajstić information content (AvgIpc) is 3.38. The summed E-state index contributed by atoms with van der Waals surface area (Å²) in [7, 11) is 0. The first kappa shape index (κ1) is 58.2. The third kappa shape index (κ3) is 27.0. The van der Waals surface area contributed by atoms with Crippen LogP contribution < -0.4 is 0 Å². The van der Waals surface area contributed by atoms with Crippen LogP contribution in [0.5, 0.6) is 0 Å². The Kier molecular flexibility index (Phi) is 21.8. The topological polar surface area (TPSA) is 77.4 Å². The van der Waals surface area contributed by atoms with Crippen molar-refractivity contribution in [1.82, 2.24) is 0 Å². The van der Waals surface area contributed by atoms with Gasteiger partial charge in [-0.2, -0.15) is 70.2 Å². The van der Waals surface area contributed by atoms with Crippen molar-refractivity contribution in [1.29, 1.82) is 0 Å². The average molecular weight is 925 g/mol. The first-order valence-corrected chi connectivity index (χ1v) is 15.7. The summed E-state index contributed by atoms with van der Waals surface area (Å²) in [5, 5.41) is 17.1. The van der Waals surface area contributed by atoms with E-state index in [9.17, 15) is 105 Å². The van der Waals surface area contributed by atoms with Gasteiger partial charge in [0.15, 0.2) is 12.6 Å². The fourth-order valence-electron chi connectivity index (χ4n) is 3.97. The third-order valence-corrected chi connectivity index (χ3v) is 6.58. The van der Waals surface area contributed by atoms with Gasteiger partial charge in [0, 0.05) is 12.8 Å². The second kappa shape index (κ2) is 21.7. The zero-order chi connectivity index (χ0) is 46.6. The van der Waals surface area contributed by atoms with E-state index in [1.807, 2.05) is 0 Å². The van der Waals surface area contributed by atoms with Crippen molar-refractivity contribution in [3.05, 3.63) is 0 Å². The summed E-state index contributed by atoms with van der Waals surface area (Å²) < 4.78 is 313. The third-order valence-electron chi connectivity index (χ3n) is 6.58. The van der Waals surface area contributed by atoms with Crippen LogP contribution >= 0.6 is 0 Å². The van der Waals surface area contributed by atoms with Gasteiger partial charge in [-0.05, 0) is 26.7 Å². The summed E-state index contributed by atoms with van der Waals surface area (Å²) >= 11 is 0. The van der Waals surface area contributed by atoms with E-state index < -0.39 is 150 Å². The molecule has 0 spiro atoms. The molecule has 0 aliphatic carbocycles. The van der Waals surface area contributed by atoms with Crippen molar-refractivity contribution in [3.8, 4) is 0 Å². The zero-order valence-electron chi connectivity index (χ0n) is 29.4. The van der Waals surface area contributed by atoms with E-state index in [2.05, 4.69) is 9.47 Å². The number of hydrogen-bond acceptors (Lipinski definition) is 6. The van der Waals surface area contributed by atoms with Crippen LogP contribution in [0.15, 0.2) is 0 Å². The molecular formula is C28H36F24O6. The number of aliphatic hydroxyl groups excluding tert-OH is 2. The molecule has 1 saturated heterocycles. The molecule has 0 aromatic rings. The number of alkyl halides is 24. The summed E-state index contributed by atoms with van der Waals surface area (Å²) in [6, 6.07) is 0. The van der Waals surface area contributed by atoms with Crippen molar-refractivity contribution in [2.45, 2.75) is 150 Å². The van der Waals surface area contributed by atoms with Crippen molar-refractivity contribution in [2.75, 3.05) is 26.4 Å². The number of rotatable bonds is 19. The van der Waals surface area contributed by atoms with Gasteiger partial charge >= 0.3 is 36.6 Å². The highest BCUT2D eigenvalue weighted by Gasteiger charge is 2.64. The predicted molar refractivity (Wildman–Crippen MR) is 146 cm³/mol. The lowest BCUT2D eigenvalue weighted by atomic mass is 9.98. The van der Waals surface area contributed by atoms with E-state index in [1.165, 1.54) is 6.92 Å². The van der Waals surface area contributed by atoms with E-state index in [4.69, 9.17) is 19.7 Å². The van der Waals surface area contributed by atoms with E-state index in [-0.39, 0.29) is 13.0 Å².